The maximum atomic E-state index is 4.24. The van der Waals surface area contributed by atoms with E-state index in [-0.39, 0.29) is 5.54 Å². The van der Waals surface area contributed by atoms with Gasteiger partial charge in [0.15, 0.2) is 0 Å². The summed E-state index contributed by atoms with van der Waals surface area (Å²) in [6, 6.07) is 6.88. The summed E-state index contributed by atoms with van der Waals surface area (Å²) in [4.78, 5) is 0. The van der Waals surface area contributed by atoms with Crippen LogP contribution in [-0.4, -0.2) is 15.0 Å². The molecule has 1 atom stereocenters. The number of nitrogens with one attached hydrogen (secondary N) is 1. The van der Waals surface area contributed by atoms with Crippen molar-refractivity contribution in [2.45, 2.75) is 59.7 Å². The third kappa shape index (κ3) is 3.91. The molecular formula is C17H26N4. The summed E-state index contributed by atoms with van der Waals surface area (Å²) < 4.78 is 1.91. The van der Waals surface area contributed by atoms with E-state index >= 15 is 0 Å². The molecule has 0 saturated heterocycles. The molecule has 0 aliphatic rings. The fraction of sp³-hybridized carbons (Fsp3) is 0.529. The topological polar surface area (TPSA) is 42.7 Å². The largest absolute Gasteiger partial charge is 0.304 e. The van der Waals surface area contributed by atoms with Crippen LogP contribution in [-0.2, 0) is 12.1 Å². The minimum Gasteiger partial charge on any atom is -0.304 e. The van der Waals surface area contributed by atoms with Gasteiger partial charge in [-0.1, -0.05) is 29.0 Å². The van der Waals surface area contributed by atoms with Crippen molar-refractivity contribution in [3.8, 4) is 0 Å². The molecule has 1 N–H and O–H groups in total. The molecular weight excluding hydrogens is 260 g/mol. The standard InChI is InChI=1S/C17H26N4/c1-12-7-8-13(2)16(9-12)14(3)18-10-15-11-21(20-19-15)17(4,5)6/h7-9,11,14,18H,10H2,1-6H3. The second-order valence-corrected chi connectivity index (χ2v) is 6.79. The molecule has 0 spiro atoms. The lowest BCUT2D eigenvalue weighted by Gasteiger charge is -2.18. The fourth-order valence-corrected chi connectivity index (χ4v) is 2.30. The Balaban J connectivity index is 2.02. The van der Waals surface area contributed by atoms with Gasteiger partial charge < -0.3 is 5.32 Å². The molecule has 1 aromatic heterocycles. The molecule has 21 heavy (non-hydrogen) atoms. The number of rotatable bonds is 4. The molecule has 4 nitrogen and oxygen atoms in total. The Labute approximate surface area is 127 Å². The van der Waals surface area contributed by atoms with Crippen molar-refractivity contribution in [1.29, 1.82) is 0 Å². The van der Waals surface area contributed by atoms with Crippen LogP contribution in [0.2, 0.25) is 0 Å². The Bertz CT molecular complexity index is 607. The number of aryl methyl sites for hydroxylation is 2. The predicted octanol–water partition coefficient (Wildman–Crippen LogP) is 3.50. The Morgan fingerprint density at radius 1 is 1.24 bits per heavy atom. The van der Waals surface area contributed by atoms with Crippen molar-refractivity contribution in [3.63, 3.8) is 0 Å². The maximum Gasteiger partial charge on any atom is 0.0965 e. The lowest BCUT2D eigenvalue weighted by molar-refractivity contribution is 0.347. The lowest BCUT2D eigenvalue weighted by Crippen LogP contribution is -2.22. The molecule has 1 unspecified atom stereocenters. The quantitative estimate of drug-likeness (QED) is 0.935. The van der Waals surface area contributed by atoms with Gasteiger partial charge in [-0.25, -0.2) is 4.68 Å². The van der Waals surface area contributed by atoms with Gasteiger partial charge in [-0.15, -0.1) is 5.10 Å². The smallest absolute Gasteiger partial charge is 0.0965 e. The zero-order valence-corrected chi connectivity index (χ0v) is 13.9. The zero-order chi connectivity index (χ0) is 15.6. The number of aromatic nitrogens is 3. The summed E-state index contributed by atoms with van der Waals surface area (Å²) >= 11 is 0. The molecule has 0 aliphatic carbocycles. The molecule has 1 aromatic carbocycles. The molecule has 4 heteroatoms. The van der Waals surface area contributed by atoms with Crippen LogP contribution in [0, 0.1) is 13.8 Å². The highest BCUT2D eigenvalue weighted by Crippen LogP contribution is 2.19. The van der Waals surface area contributed by atoms with Crippen LogP contribution in [0.25, 0.3) is 0 Å². The van der Waals surface area contributed by atoms with Gasteiger partial charge in [0.05, 0.1) is 17.4 Å². The minimum absolute atomic E-state index is 0.0238. The highest BCUT2D eigenvalue weighted by Gasteiger charge is 2.15. The van der Waals surface area contributed by atoms with Gasteiger partial charge in [-0.3, -0.25) is 0 Å². The molecule has 0 fully saturated rings. The van der Waals surface area contributed by atoms with Crippen LogP contribution in [0.4, 0.5) is 0 Å². The highest BCUT2D eigenvalue weighted by molar-refractivity contribution is 5.32. The van der Waals surface area contributed by atoms with Crippen molar-refractivity contribution < 1.29 is 0 Å². The van der Waals surface area contributed by atoms with E-state index in [0.717, 1.165) is 12.2 Å². The van der Waals surface area contributed by atoms with Gasteiger partial charge in [0, 0.05) is 12.6 Å². The van der Waals surface area contributed by atoms with Crippen LogP contribution in [0.3, 0.4) is 0 Å². The second-order valence-electron chi connectivity index (χ2n) is 6.79. The first-order valence-electron chi connectivity index (χ1n) is 7.49. The molecule has 0 radical (unpaired) electrons. The average molecular weight is 286 g/mol. The van der Waals surface area contributed by atoms with E-state index in [0.29, 0.717) is 6.04 Å². The maximum absolute atomic E-state index is 4.24. The summed E-state index contributed by atoms with van der Waals surface area (Å²) in [6.07, 6.45) is 2.02. The molecule has 114 valence electrons. The Morgan fingerprint density at radius 2 is 1.95 bits per heavy atom. The lowest BCUT2D eigenvalue weighted by atomic mass is 10.00. The first-order valence-corrected chi connectivity index (χ1v) is 7.49. The molecule has 2 aromatic rings. The molecule has 1 heterocycles. The van der Waals surface area contributed by atoms with Gasteiger partial charge in [0.25, 0.3) is 0 Å². The molecule has 2 rings (SSSR count). The number of nitrogens with zero attached hydrogens (tertiary/aromatic N) is 3. The number of hydrogen-bond acceptors (Lipinski definition) is 3. The van der Waals surface area contributed by atoms with Gasteiger partial charge in [0.1, 0.15) is 0 Å². The highest BCUT2D eigenvalue weighted by atomic mass is 15.4. The van der Waals surface area contributed by atoms with E-state index < -0.39 is 0 Å². The van der Waals surface area contributed by atoms with E-state index in [1.165, 1.54) is 16.7 Å². The molecule has 0 saturated carbocycles. The fourth-order valence-electron chi connectivity index (χ4n) is 2.30. The zero-order valence-electron chi connectivity index (χ0n) is 13.9. The first kappa shape index (κ1) is 15.7. The predicted molar refractivity (Wildman–Crippen MR) is 86.2 cm³/mol. The van der Waals surface area contributed by atoms with Crippen LogP contribution in [0.5, 0.6) is 0 Å². The van der Waals surface area contributed by atoms with Crippen molar-refractivity contribution >= 4 is 0 Å². The van der Waals surface area contributed by atoms with Crippen molar-refractivity contribution in [2.24, 2.45) is 0 Å². The SMILES string of the molecule is Cc1ccc(C)c(C(C)NCc2cn(C(C)(C)C)nn2)c1. The second kappa shape index (κ2) is 5.98. The van der Waals surface area contributed by atoms with Crippen LogP contribution >= 0.6 is 0 Å². The van der Waals surface area contributed by atoms with E-state index in [4.69, 9.17) is 0 Å². The number of benzene rings is 1. The molecule has 0 bridgehead atoms. The Morgan fingerprint density at radius 3 is 2.57 bits per heavy atom. The van der Waals surface area contributed by atoms with Crippen molar-refractivity contribution in [3.05, 3.63) is 46.8 Å². The summed E-state index contributed by atoms with van der Waals surface area (Å²) in [5, 5.41) is 12.0. The van der Waals surface area contributed by atoms with Crippen LogP contribution < -0.4 is 5.32 Å². The summed E-state index contributed by atoms with van der Waals surface area (Å²) in [5.74, 6) is 0. The molecule has 0 aliphatic heterocycles. The van der Waals surface area contributed by atoms with E-state index in [1.54, 1.807) is 0 Å². The third-order valence-corrected chi connectivity index (χ3v) is 3.72. The van der Waals surface area contributed by atoms with Gasteiger partial charge in [0.2, 0.25) is 0 Å². The molecule has 0 amide bonds. The van der Waals surface area contributed by atoms with Gasteiger partial charge in [-0.2, -0.15) is 0 Å². The number of hydrogen-bond donors (Lipinski definition) is 1. The monoisotopic (exact) mass is 286 g/mol. The van der Waals surface area contributed by atoms with E-state index in [9.17, 15) is 0 Å². The van der Waals surface area contributed by atoms with Crippen LogP contribution in [0.15, 0.2) is 24.4 Å². The van der Waals surface area contributed by atoms with E-state index in [1.807, 2.05) is 10.9 Å². The van der Waals surface area contributed by atoms with E-state index in [2.05, 4.69) is 75.4 Å². The van der Waals surface area contributed by atoms with Crippen molar-refractivity contribution in [1.82, 2.24) is 20.3 Å². The minimum atomic E-state index is -0.0238. The first-order chi connectivity index (χ1) is 9.77. The summed E-state index contributed by atoms with van der Waals surface area (Å²) in [5.41, 5.74) is 4.91. The van der Waals surface area contributed by atoms with Gasteiger partial charge >= 0.3 is 0 Å². The Hall–Kier alpha value is -1.68. The van der Waals surface area contributed by atoms with Gasteiger partial charge in [-0.05, 0) is 52.7 Å². The normalized spacial score (nSPS) is 13.4. The van der Waals surface area contributed by atoms with Crippen molar-refractivity contribution in [2.75, 3.05) is 0 Å². The average Bonchev–Trinajstić information content (AvgIpc) is 2.87. The Kier molecular flexibility index (Phi) is 4.47. The third-order valence-electron chi connectivity index (χ3n) is 3.72. The summed E-state index contributed by atoms with van der Waals surface area (Å²) in [6.45, 7) is 13.6. The van der Waals surface area contributed by atoms with Crippen LogP contribution in [0.1, 0.15) is 56.1 Å². The summed E-state index contributed by atoms with van der Waals surface area (Å²) in [7, 11) is 0.